The Hall–Kier alpha value is -2.14. The van der Waals surface area contributed by atoms with Gasteiger partial charge in [0.25, 0.3) is 0 Å². The van der Waals surface area contributed by atoms with Gasteiger partial charge in [-0.2, -0.15) is 0 Å². The van der Waals surface area contributed by atoms with Gasteiger partial charge in [0.15, 0.2) is 0 Å². The summed E-state index contributed by atoms with van der Waals surface area (Å²) in [5.41, 5.74) is 6.64. The maximum absolute atomic E-state index is 12.1. The number of ether oxygens (including phenoxy) is 1. The number of rotatable bonds is 3. The summed E-state index contributed by atoms with van der Waals surface area (Å²) in [4.78, 5) is 16.7. The van der Waals surface area contributed by atoms with Gasteiger partial charge in [-0.1, -0.05) is 35.3 Å². The average molecular weight is 503 g/mol. The van der Waals surface area contributed by atoms with Gasteiger partial charge in [-0.05, 0) is 93.9 Å². The molecule has 1 heterocycles. The van der Waals surface area contributed by atoms with Crippen molar-refractivity contribution in [3.8, 4) is 0 Å². The molecule has 0 unspecified atom stereocenters. The van der Waals surface area contributed by atoms with Crippen molar-refractivity contribution in [3.05, 3.63) is 97.2 Å². The van der Waals surface area contributed by atoms with E-state index < -0.39 is 0 Å². The van der Waals surface area contributed by atoms with E-state index in [0.29, 0.717) is 15.6 Å². The number of methoxy groups -OCH3 is 1. The fraction of sp³-hybridized carbons (Fsp3) is 0.167. The summed E-state index contributed by atoms with van der Waals surface area (Å²) in [7, 11) is 1.39. The SMILES string of the molecule is COC(=O)c1ccc2c(c1)CCCC(c1ccc(Cl)cc1Cl)=C2c1ccc(Br)cn1. The lowest BCUT2D eigenvalue weighted by Gasteiger charge is -2.17. The summed E-state index contributed by atoms with van der Waals surface area (Å²) in [5, 5.41) is 1.21. The fourth-order valence-electron chi connectivity index (χ4n) is 3.85. The first kappa shape index (κ1) is 21.1. The summed E-state index contributed by atoms with van der Waals surface area (Å²) in [5.74, 6) is -0.338. The maximum Gasteiger partial charge on any atom is 0.337 e. The highest BCUT2D eigenvalue weighted by atomic mass is 79.9. The molecule has 1 aromatic heterocycles. The summed E-state index contributed by atoms with van der Waals surface area (Å²) in [6.07, 6.45) is 4.38. The third kappa shape index (κ3) is 4.18. The minimum absolute atomic E-state index is 0.338. The predicted octanol–water partition coefficient (Wildman–Crippen LogP) is 7.23. The number of allylic oxidation sites excluding steroid dienone is 1. The number of aromatic nitrogens is 1. The van der Waals surface area contributed by atoms with Crippen molar-refractivity contribution in [2.45, 2.75) is 19.3 Å². The van der Waals surface area contributed by atoms with E-state index in [4.69, 9.17) is 27.9 Å². The molecule has 0 radical (unpaired) electrons. The smallest absolute Gasteiger partial charge is 0.337 e. The maximum atomic E-state index is 12.1. The number of benzene rings is 2. The van der Waals surface area contributed by atoms with Crippen LogP contribution >= 0.6 is 39.1 Å². The van der Waals surface area contributed by atoms with Crippen LogP contribution in [0.2, 0.25) is 10.0 Å². The van der Waals surface area contributed by atoms with Gasteiger partial charge in [0.2, 0.25) is 0 Å². The van der Waals surface area contributed by atoms with E-state index in [9.17, 15) is 4.79 Å². The predicted molar refractivity (Wildman–Crippen MR) is 125 cm³/mol. The first-order valence-electron chi connectivity index (χ1n) is 9.50. The van der Waals surface area contributed by atoms with Crippen molar-refractivity contribution in [2.24, 2.45) is 0 Å². The van der Waals surface area contributed by atoms with E-state index in [-0.39, 0.29) is 5.97 Å². The lowest BCUT2D eigenvalue weighted by molar-refractivity contribution is 0.0600. The van der Waals surface area contributed by atoms with Crippen molar-refractivity contribution in [1.82, 2.24) is 4.98 Å². The van der Waals surface area contributed by atoms with Gasteiger partial charge in [-0.15, -0.1) is 0 Å². The van der Waals surface area contributed by atoms with Crippen LogP contribution in [0.25, 0.3) is 11.1 Å². The van der Waals surface area contributed by atoms with Crippen LogP contribution in [-0.4, -0.2) is 18.1 Å². The first-order valence-corrected chi connectivity index (χ1v) is 11.0. The Labute approximate surface area is 193 Å². The second kappa shape index (κ2) is 8.93. The molecule has 0 saturated carbocycles. The van der Waals surface area contributed by atoms with E-state index in [1.54, 1.807) is 18.3 Å². The molecule has 0 atom stereocenters. The fourth-order valence-corrected chi connectivity index (χ4v) is 4.61. The number of hydrogen-bond donors (Lipinski definition) is 0. The van der Waals surface area contributed by atoms with Crippen LogP contribution < -0.4 is 0 Å². The van der Waals surface area contributed by atoms with Crippen LogP contribution in [0, 0.1) is 0 Å². The zero-order valence-corrected chi connectivity index (χ0v) is 19.3. The Morgan fingerprint density at radius 2 is 1.83 bits per heavy atom. The van der Waals surface area contributed by atoms with Crippen molar-refractivity contribution in [2.75, 3.05) is 7.11 Å². The number of carbonyl (C=O) groups excluding carboxylic acids is 1. The molecule has 1 aliphatic carbocycles. The molecule has 30 heavy (non-hydrogen) atoms. The molecule has 0 fully saturated rings. The molecule has 1 aliphatic rings. The highest BCUT2D eigenvalue weighted by Crippen LogP contribution is 2.42. The van der Waals surface area contributed by atoms with E-state index in [1.165, 1.54) is 7.11 Å². The third-order valence-corrected chi connectivity index (χ3v) is 6.23. The Balaban J connectivity index is 1.99. The van der Waals surface area contributed by atoms with Crippen LogP contribution in [-0.2, 0) is 11.2 Å². The van der Waals surface area contributed by atoms with Gasteiger partial charge in [0, 0.05) is 26.3 Å². The minimum Gasteiger partial charge on any atom is -0.465 e. The number of aryl methyl sites for hydroxylation is 1. The molecule has 0 saturated heterocycles. The highest BCUT2D eigenvalue weighted by Gasteiger charge is 2.23. The monoisotopic (exact) mass is 501 g/mol. The lowest BCUT2D eigenvalue weighted by atomic mass is 9.89. The molecule has 2 aromatic carbocycles. The summed E-state index contributed by atoms with van der Waals surface area (Å²) < 4.78 is 5.81. The van der Waals surface area contributed by atoms with Gasteiger partial charge < -0.3 is 4.74 Å². The van der Waals surface area contributed by atoms with E-state index in [1.807, 2.05) is 36.4 Å². The van der Waals surface area contributed by atoms with E-state index >= 15 is 0 Å². The van der Waals surface area contributed by atoms with Crippen LogP contribution in [0.3, 0.4) is 0 Å². The lowest BCUT2D eigenvalue weighted by Crippen LogP contribution is -2.04. The minimum atomic E-state index is -0.338. The Morgan fingerprint density at radius 1 is 1.03 bits per heavy atom. The van der Waals surface area contributed by atoms with Crippen molar-refractivity contribution < 1.29 is 9.53 Å². The van der Waals surface area contributed by atoms with Crippen LogP contribution in [0.4, 0.5) is 0 Å². The molecule has 6 heteroatoms. The molecule has 3 aromatic rings. The molecule has 0 spiro atoms. The standard InChI is InChI=1S/C24H18BrCl2NO2/c1-30-24(29)15-5-8-18-14(11-15)3-2-4-20(19-9-7-17(26)12-21(19)27)23(18)22-10-6-16(25)13-28-22/h5-13H,2-4H2,1H3. The van der Waals surface area contributed by atoms with Gasteiger partial charge in [-0.25, -0.2) is 4.79 Å². The normalized spacial score (nSPS) is 13.6. The number of hydrogen-bond acceptors (Lipinski definition) is 3. The Morgan fingerprint density at radius 3 is 2.53 bits per heavy atom. The van der Waals surface area contributed by atoms with Gasteiger partial charge in [0.05, 0.1) is 18.4 Å². The van der Waals surface area contributed by atoms with Gasteiger partial charge in [-0.3, -0.25) is 4.98 Å². The molecule has 3 nitrogen and oxygen atoms in total. The molecule has 152 valence electrons. The number of esters is 1. The topological polar surface area (TPSA) is 39.2 Å². The van der Waals surface area contributed by atoms with E-state index in [2.05, 4.69) is 20.9 Å². The molecule has 0 aliphatic heterocycles. The molecule has 4 rings (SSSR count). The second-order valence-corrected chi connectivity index (χ2v) is 8.82. The van der Waals surface area contributed by atoms with Crippen LogP contribution in [0.15, 0.2) is 59.2 Å². The number of nitrogens with zero attached hydrogens (tertiary/aromatic N) is 1. The van der Waals surface area contributed by atoms with Crippen LogP contribution in [0.5, 0.6) is 0 Å². The van der Waals surface area contributed by atoms with Crippen molar-refractivity contribution in [1.29, 1.82) is 0 Å². The number of carbonyl (C=O) groups is 1. The zero-order valence-electron chi connectivity index (χ0n) is 16.2. The summed E-state index contributed by atoms with van der Waals surface area (Å²) in [6.45, 7) is 0. The third-order valence-electron chi connectivity index (χ3n) is 5.21. The zero-order chi connectivity index (χ0) is 21.3. The summed E-state index contributed by atoms with van der Waals surface area (Å²) >= 11 is 16.2. The molecule has 0 amide bonds. The molecular weight excluding hydrogens is 485 g/mol. The summed E-state index contributed by atoms with van der Waals surface area (Å²) in [6, 6.07) is 15.3. The molecule has 0 bridgehead atoms. The Kier molecular flexibility index (Phi) is 6.28. The largest absolute Gasteiger partial charge is 0.465 e. The number of fused-ring (bicyclic) bond motifs is 1. The average Bonchev–Trinajstić information content (AvgIpc) is 2.93. The molecule has 0 N–H and O–H groups in total. The molecular formula is C24H18BrCl2NO2. The number of halogens is 3. The van der Waals surface area contributed by atoms with Crippen molar-refractivity contribution >= 4 is 56.2 Å². The van der Waals surface area contributed by atoms with Gasteiger partial charge in [0.1, 0.15) is 0 Å². The second-order valence-electron chi connectivity index (χ2n) is 7.06. The first-order chi connectivity index (χ1) is 14.5. The van der Waals surface area contributed by atoms with Crippen molar-refractivity contribution in [3.63, 3.8) is 0 Å². The number of pyridine rings is 1. The Bertz CT molecular complexity index is 1160. The van der Waals surface area contributed by atoms with E-state index in [0.717, 1.165) is 57.3 Å². The van der Waals surface area contributed by atoms with Crippen LogP contribution in [0.1, 0.15) is 45.6 Å². The highest BCUT2D eigenvalue weighted by molar-refractivity contribution is 9.10. The van der Waals surface area contributed by atoms with Gasteiger partial charge >= 0.3 is 5.97 Å². The quantitative estimate of drug-likeness (QED) is 0.354.